The van der Waals surface area contributed by atoms with Crippen molar-refractivity contribution in [3.8, 4) is 0 Å². The Labute approximate surface area is 116 Å². The van der Waals surface area contributed by atoms with Crippen LogP contribution < -0.4 is 5.32 Å². The highest BCUT2D eigenvalue weighted by Crippen LogP contribution is 2.21. The Kier molecular flexibility index (Phi) is 5.40. The van der Waals surface area contributed by atoms with Gasteiger partial charge in [0.05, 0.1) is 7.11 Å². The topological polar surface area (TPSA) is 75.6 Å². The molecule has 1 aromatic carbocycles. The lowest BCUT2D eigenvalue weighted by atomic mass is 9.95. The minimum atomic E-state index is -1.86. The van der Waals surface area contributed by atoms with E-state index >= 15 is 0 Å². The van der Waals surface area contributed by atoms with Crippen LogP contribution in [0.2, 0.25) is 0 Å². The number of esters is 1. The number of hydrogen-bond donors (Lipinski definition) is 2. The standard InChI is InChI=1S/C14H16FNO4/c1-14(19,10-5-3-6-11(15)9-10)13(18)16-8-4-7-12(17)20-2/h3-7,9,19H,8H2,1-2H3,(H,16,18)/b7-4+. The second-order valence-electron chi connectivity index (χ2n) is 4.22. The van der Waals surface area contributed by atoms with E-state index in [1.165, 1.54) is 38.3 Å². The van der Waals surface area contributed by atoms with Gasteiger partial charge < -0.3 is 15.2 Å². The summed E-state index contributed by atoms with van der Waals surface area (Å²) < 4.78 is 17.5. The van der Waals surface area contributed by atoms with E-state index in [1.807, 2.05) is 0 Å². The Morgan fingerprint density at radius 3 is 2.80 bits per heavy atom. The van der Waals surface area contributed by atoms with Crippen LogP contribution in [-0.2, 0) is 19.9 Å². The SMILES string of the molecule is COC(=O)/C=C/CNC(=O)C(C)(O)c1cccc(F)c1. The number of methoxy groups -OCH3 is 1. The van der Waals surface area contributed by atoms with Gasteiger partial charge in [-0.15, -0.1) is 0 Å². The average molecular weight is 281 g/mol. The van der Waals surface area contributed by atoms with Crippen LogP contribution in [0.3, 0.4) is 0 Å². The zero-order chi connectivity index (χ0) is 15.2. The number of nitrogens with one attached hydrogen (secondary N) is 1. The van der Waals surface area contributed by atoms with E-state index in [0.29, 0.717) is 0 Å². The first-order valence-electron chi connectivity index (χ1n) is 5.89. The molecule has 0 saturated heterocycles. The molecule has 2 N–H and O–H groups in total. The zero-order valence-corrected chi connectivity index (χ0v) is 11.2. The molecule has 20 heavy (non-hydrogen) atoms. The Morgan fingerprint density at radius 2 is 2.20 bits per heavy atom. The van der Waals surface area contributed by atoms with Crippen LogP contribution >= 0.6 is 0 Å². The molecule has 0 saturated carbocycles. The van der Waals surface area contributed by atoms with Crippen molar-refractivity contribution in [3.63, 3.8) is 0 Å². The van der Waals surface area contributed by atoms with E-state index < -0.39 is 23.3 Å². The lowest BCUT2D eigenvalue weighted by Gasteiger charge is -2.22. The Balaban J connectivity index is 2.66. The molecule has 1 aromatic rings. The van der Waals surface area contributed by atoms with Crippen LogP contribution in [0.15, 0.2) is 36.4 Å². The van der Waals surface area contributed by atoms with Crippen LogP contribution in [0.5, 0.6) is 0 Å². The van der Waals surface area contributed by atoms with E-state index in [2.05, 4.69) is 10.1 Å². The molecule has 0 bridgehead atoms. The van der Waals surface area contributed by atoms with Gasteiger partial charge >= 0.3 is 5.97 Å². The van der Waals surface area contributed by atoms with Gasteiger partial charge in [0.25, 0.3) is 5.91 Å². The summed E-state index contributed by atoms with van der Waals surface area (Å²) >= 11 is 0. The van der Waals surface area contributed by atoms with Crippen molar-refractivity contribution < 1.29 is 23.8 Å². The molecule has 0 spiro atoms. The highest BCUT2D eigenvalue weighted by atomic mass is 19.1. The van der Waals surface area contributed by atoms with Gasteiger partial charge in [0.2, 0.25) is 0 Å². The molecule has 0 fully saturated rings. The van der Waals surface area contributed by atoms with Crippen molar-refractivity contribution in [1.82, 2.24) is 5.32 Å². The first-order chi connectivity index (χ1) is 9.37. The third-order valence-corrected chi connectivity index (χ3v) is 2.66. The largest absolute Gasteiger partial charge is 0.466 e. The molecule has 0 aliphatic carbocycles. The van der Waals surface area contributed by atoms with Gasteiger partial charge in [-0.1, -0.05) is 18.2 Å². The predicted octanol–water partition coefficient (Wildman–Crippen LogP) is 0.879. The molecule has 0 heterocycles. The van der Waals surface area contributed by atoms with Crippen molar-refractivity contribution in [3.05, 3.63) is 47.8 Å². The van der Waals surface area contributed by atoms with Crippen LogP contribution in [0.25, 0.3) is 0 Å². The van der Waals surface area contributed by atoms with Crippen molar-refractivity contribution in [2.45, 2.75) is 12.5 Å². The maximum absolute atomic E-state index is 13.1. The maximum atomic E-state index is 13.1. The number of ether oxygens (including phenoxy) is 1. The zero-order valence-electron chi connectivity index (χ0n) is 11.2. The lowest BCUT2D eigenvalue weighted by molar-refractivity contribution is -0.139. The first kappa shape index (κ1) is 15.8. The molecule has 108 valence electrons. The molecular weight excluding hydrogens is 265 g/mol. The summed E-state index contributed by atoms with van der Waals surface area (Å²) in [6.45, 7) is 1.31. The van der Waals surface area contributed by atoms with Gasteiger partial charge in [-0.3, -0.25) is 4.79 Å². The van der Waals surface area contributed by atoms with Gasteiger partial charge in [-0.05, 0) is 24.6 Å². The number of halogens is 1. The average Bonchev–Trinajstić information content (AvgIpc) is 2.42. The summed E-state index contributed by atoms with van der Waals surface area (Å²) in [4.78, 5) is 22.7. The number of rotatable bonds is 5. The summed E-state index contributed by atoms with van der Waals surface area (Å²) in [6, 6.07) is 5.16. The van der Waals surface area contributed by atoms with E-state index in [1.54, 1.807) is 0 Å². The molecule has 1 amide bonds. The quantitative estimate of drug-likeness (QED) is 0.620. The molecule has 5 nitrogen and oxygen atoms in total. The van der Waals surface area contributed by atoms with Gasteiger partial charge in [-0.2, -0.15) is 0 Å². The predicted molar refractivity (Wildman–Crippen MR) is 70.1 cm³/mol. The minimum absolute atomic E-state index is 0.0411. The smallest absolute Gasteiger partial charge is 0.330 e. The normalized spacial score (nSPS) is 13.8. The fourth-order valence-corrected chi connectivity index (χ4v) is 1.47. The van der Waals surface area contributed by atoms with E-state index in [4.69, 9.17) is 0 Å². The highest BCUT2D eigenvalue weighted by molar-refractivity contribution is 5.86. The summed E-state index contributed by atoms with van der Waals surface area (Å²) in [5.41, 5.74) is -1.71. The van der Waals surface area contributed by atoms with E-state index in [-0.39, 0.29) is 12.1 Å². The molecule has 0 aliphatic rings. The van der Waals surface area contributed by atoms with Gasteiger partial charge in [0.1, 0.15) is 5.82 Å². The Hall–Kier alpha value is -2.21. The molecule has 0 aliphatic heterocycles. The van der Waals surface area contributed by atoms with Gasteiger partial charge in [0.15, 0.2) is 5.60 Å². The van der Waals surface area contributed by atoms with Crippen molar-refractivity contribution in [1.29, 1.82) is 0 Å². The number of benzene rings is 1. The lowest BCUT2D eigenvalue weighted by Crippen LogP contribution is -2.42. The van der Waals surface area contributed by atoms with Crippen LogP contribution in [0.1, 0.15) is 12.5 Å². The number of carbonyl (C=O) groups excluding carboxylic acids is 2. The molecule has 0 aromatic heterocycles. The van der Waals surface area contributed by atoms with Crippen LogP contribution in [0, 0.1) is 5.82 Å². The molecular formula is C14H16FNO4. The molecule has 6 heteroatoms. The Morgan fingerprint density at radius 1 is 1.50 bits per heavy atom. The summed E-state index contributed by atoms with van der Waals surface area (Å²) in [5.74, 6) is -1.78. The van der Waals surface area contributed by atoms with Crippen molar-refractivity contribution in [2.75, 3.05) is 13.7 Å². The van der Waals surface area contributed by atoms with Crippen LogP contribution in [0.4, 0.5) is 4.39 Å². The molecule has 1 unspecified atom stereocenters. The van der Waals surface area contributed by atoms with Crippen LogP contribution in [-0.4, -0.2) is 30.6 Å². The van der Waals surface area contributed by atoms with Gasteiger partial charge in [-0.25, -0.2) is 9.18 Å². The van der Waals surface area contributed by atoms with Gasteiger partial charge in [0, 0.05) is 12.6 Å². The fraction of sp³-hybridized carbons (Fsp3) is 0.286. The third-order valence-electron chi connectivity index (χ3n) is 2.66. The number of aliphatic hydroxyl groups is 1. The second kappa shape index (κ2) is 6.81. The van der Waals surface area contributed by atoms with E-state index in [9.17, 15) is 19.1 Å². The number of hydrogen-bond acceptors (Lipinski definition) is 4. The third kappa shape index (κ3) is 4.17. The van der Waals surface area contributed by atoms with Crippen molar-refractivity contribution >= 4 is 11.9 Å². The number of carbonyl (C=O) groups is 2. The fourth-order valence-electron chi connectivity index (χ4n) is 1.47. The monoisotopic (exact) mass is 281 g/mol. The Bertz CT molecular complexity index is 526. The van der Waals surface area contributed by atoms with Crippen molar-refractivity contribution in [2.24, 2.45) is 0 Å². The molecule has 1 rings (SSSR count). The number of amides is 1. The summed E-state index contributed by atoms with van der Waals surface area (Å²) in [6.07, 6.45) is 2.53. The molecule has 1 atom stereocenters. The van der Waals surface area contributed by atoms with E-state index in [0.717, 1.165) is 12.1 Å². The second-order valence-corrected chi connectivity index (χ2v) is 4.22. The summed E-state index contributed by atoms with van der Waals surface area (Å²) in [7, 11) is 1.24. The minimum Gasteiger partial charge on any atom is -0.466 e. The summed E-state index contributed by atoms with van der Waals surface area (Å²) in [5, 5.41) is 12.6. The first-order valence-corrected chi connectivity index (χ1v) is 5.89. The molecule has 0 radical (unpaired) electrons. The highest BCUT2D eigenvalue weighted by Gasteiger charge is 2.32. The maximum Gasteiger partial charge on any atom is 0.330 e.